The van der Waals surface area contributed by atoms with Gasteiger partial charge in [0.05, 0.1) is 5.92 Å². The molecule has 3 atom stereocenters. The lowest BCUT2D eigenvalue weighted by Gasteiger charge is -2.38. The first-order valence-electron chi connectivity index (χ1n) is 3.10. The van der Waals surface area contributed by atoms with Crippen LogP contribution in [-0.2, 0) is 0 Å². The number of hydrogen-bond acceptors (Lipinski definition) is 0. The van der Waals surface area contributed by atoms with Gasteiger partial charge in [-0.15, -0.1) is 0 Å². The van der Waals surface area contributed by atoms with Gasteiger partial charge >= 0.3 is 0 Å². The predicted molar refractivity (Wildman–Crippen MR) is 26.1 cm³/mol. The molecule has 0 aromatic carbocycles. The molecule has 2 aliphatic carbocycles. The van der Waals surface area contributed by atoms with Crippen LogP contribution in [0.3, 0.4) is 0 Å². The van der Waals surface area contributed by atoms with Crippen LogP contribution in [0.25, 0.3) is 0 Å². The van der Waals surface area contributed by atoms with Gasteiger partial charge in [0.15, 0.2) is 0 Å². The van der Waals surface area contributed by atoms with E-state index in [9.17, 15) is 22.0 Å². The standard InChI is InChI=1S/C6H4F5/c1-2-4(8)3(7)5(4,9)6(2,10)11/h2H,1H3. The minimum atomic E-state index is -3.87. The Balaban J connectivity index is 2.39. The minimum absolute atomic E-state index is 0.796. The SMILES string of the molecule is CC1C(F)(F)C2(F)[C](F)C12F. The molecule has 0 aromatic heterocycles. The summed E-state index contributed by atoms with van der Waals surface area (Å²) in [6, 6.07) is 0. The van der Waals surface area contributed by atoms with E-state index in [1.165, 1.54) is 0 Å². The van der Waals surface area contributed by atoms with Gasteiger partial charge in [-0.2, -0.15) is 0 Å². The largest absolute Gasteiger partial charge is 0.294 e. The van der Waals surface area contributed by atoms with Gasteiger partial charge in [0.2, 0.25) is 11.8 Å². The highest BCUT2D eigenvalue weighted by atomic mass is 19.3. The van der Waals surface area contributed by atoms with Crippen LogP contribution in [0.15, 0.2) is 0 Å². The fourth-order valence-corrected chi connectivity index (χ4v) is 1.68. The number of rotatable bonds is 0. The van der Waals surface area contributed by atoms with E-state index < -0.39 is 29.3 Å². The zero-order chi connectivity index (χ0) is 8.65. The molecule has 11 heavy (non-hydrogen) atoms. The smallest absolute Gasteiger partial charge is 0.236 e. The molecule has 0 nitrogen and oxygen atoms in total. The van der Waals surface area contributed by atoms with E-state index in [-0.39, 0.29) is 0 Å². The Bertz CT molecular complexity index is 214. The van der Waals surface area contributed by atoms with Crippen LogP contribution in [0.2, 0.25) is 0 Å². The first kappa shape index (κ1) is 7.31. The second-order valence-electron chi connectivity index (χ2n) is 3.03. The minimum Gasteiger partial charge on any atom is -0.236 e. The molecular formula is C6H4F5. The van der Waals surface area contributed by atoms with Gasteiger partial charge in [-0.05, 0) is 0 Å². The lowest BCUT2D eigenvalue weighted by molar-refractivity contribution is -0.233. The maximum atomic E-state index is 12.7. The van der Waals surface area contributed by atoms with Crippen molar-refractivity contribution in [1.29, 1.82) is 0 Å². The average Bonchev–Trinajstić information content (AvgIpc) is 2.35. The third kappa shape index (κ3) is 0.359. The number of alkyl halides is 4. The van der Waals surface area contributed by atoms with E-state index in [2.05, 4.69) is 0 Å². The van der Waals surface area contributed by atoms with Crippen molar-refractivity contribution in [3.05, 3.63) is 6.17 Å². The van der Waals surface area contributed by atoms with Crippen LogP contribution in [0.5, 0.6) is 0 Å². The molecule has 5 heteroatoms. The van der Waals surface area contributed by atoms with Crippen molar-refractivity contribution >= 4 is 0 Å². The van der Waals surface area contributed by atoms with E-state index in [0.29, 0.717) is 0 Å². The Kier molecular flexibility index (Phi) is 0.858. The molecule has 0 bridgehead atoms. The summed E-state index contributed by atoms with van der Waals surface area (Å²) in [4.78, 5) is 0. The Morgan fingerprint density at radius 2 is 1.64 bits per heavy atom. The van der Waals surface area contributed by atoms with Crippen LogP contribution in [0.4, 0.5) is 22.0 Å². The Morgan fingerprint density at radius 3 is 1.73 bits per heavy atom. The number of halogens is 5. The van der Waals surface area contributed by atoms with Gasteiger partial charge < -0.3 is 0 Å². The normalized spacial score (nSPS) is 60.0. The molecule has 0 spiro atoms. The lowest BCUT2D eigenvalue weighted by atomic mass is 9.78. The summed E-state index contributed by atoms with van der Waals surface area (Å²) < 4.78 is 62.1. The summed E-state index contributed by atoms with van der Waals surface area (Å²) in [5.41, 5.74) is -6.59. The fraction of sp³-hybridized carbons (Fsp3) is 0.833. The van der Waals surface area contributed by atoms with Crippen molar-refractivity contribution in [3.8, 4) is 0 Å². The fourth-order valence-electron chi connectivity index (χ4n) is 1.68. The first-order chi connectivity index (χ1) is 4.81. The molecule has 1 radical (unpaired) electrons. The quantitative estimate of drug-likeness (QED) is 0.490. The van der Waals surface area contributed by atoms with Crippen LogP contribution in [-0.4, -0.2) is 17.3 Å². The average molecular weight is 171 g/mol. The second-order valence-corrected chi connectivity index (χ2v) is 3.03. The topological polar surface area (TPSA) is 0 Å². The van der Waals surface area contributed by atoms with E-state index in [4.69, 9.17) is 0 Å². The molecule has 0 aliphatic heterocycles. The molecule has 63 valence electrons. The lowest BCUT2D eigenvalue weighted by Crippen LogP contribution is -2.59. The van der Waals surface area contributed by atoms with Gasteiger partial charge in [-0.1, -0.05) is 6.92 Å². The van der Waals surface area contributed by atoms with Crippen molar-refractivity contribution in [2.45, 2.75) is 24.2 Å². The van der Waals surface area contributed by atoms with Gasteiger partial charge in [0, 0.05) is 0 Å². The molecule has 0 amide bonds. The molecule has 2 rings (SSSR count). The molecule has 0 N–H and O–H groups in total. The summed E-state index contributed by atoms with van der Waals surface area (Å²) in [6.45, 7) is 0.796. The van der Waals surface area contributed by atoms with Gasteiger partial charge in [-0.25, -0.2) is 22.0 Å². The van der Waals surface area contributed by atoms with Crippen molar-refractivity contribution in [2.24, 2.45) is 5.92 Å². The summed E-state index contributed by atoms with van der Waals surface area (Å²) in [5, 5.41) is 0. The highest BCUT2D eigenvalue weighted by molar-refractivity contribution is 5.56. The zero-order valence-corrected chi connectivity index (χ0v) is 5.47. The molecule has 0 saturated heterocycles. The monoisotopic (exact) mass is 171 g/mol. The van der Waals surface area contributed by atoms with Crippen molar-refractivity contribution < 1.29 is 22.0 Å². The molecule has 2 saturated carbocycles. The van der Waals surface area contributed by atoms with Crippen LogP contribution >= 0.6 is 0 Å². The highest BCUT2D eigenvalue weighted by Crippen LogP contribution is 2.83. The first-order valence-corrected chi connectivity index (χ1v) is 3.10. The molecule has 3 unspecified atom stereocenters. The van der Waals surface area contributed by atoms with E-state index >= 15 is 0 Å². The second kappa shape index (κ2) is 1.29. The molecule has 0 heterocycles. The van der Waals surface area contributed by atoms with E-state index in [0.717, 1.165) is 6.92 Å². The third-order valence-corrected chi connectivity index (χ3v) is 2.66. The van der Waals surface area contributed by atoms with Gasteiger partial charge in [0.25, 0.3) is 11.6 Å². The summed E-state index contributed by atoms with van der Waals surface area (Å²) in [5.74, 6) is -5.74. The maximum Gasteiger partial charge on any atom is 0.294 e. The van der Waals surface area contributed by atoms with Crippen LogP contribution < -0.4 is 0 Å². The number of hydrogen-bond donors (Lipinski definition) is 0. The highest BCUT2D eigenvalue weighted by Gasteiger charge is 3.06. The van der Waals surface area contributed by atoms with E-state index in [1.54, 1.807) is 0 Å². The van der Waals surface area contributed by atoms with E-state index in [1.807, 2.05) is 0 Å². The molecule has 2 fully saturated rings. The van der Waals surface area contributed by atoms with Gasteiger partial charge in [-0.3, -0.25) is 0 Å². The van der Waals surface area contributed by atoms with Crippen molar-refractivity contribution in [2.75, 3.05) is 0 Å². The van der Waals surface area contributed by atoms with Crippen LogP contribution in [0, 0.1) is 12.1 Å². The summed E-state index contributed by atoms with van der Waals surface area (Å²) in [6.07, 6.45) is -1.84. The Morgan fingerprint density at radius 1 is 1.18 bits per heavy atom. The van der Waals surface area contributed by atoms with Crippen LogP contribution in [0.1, 0.15) is 6.92 Å². The molecular weight excluding hydrogens is 167 g/mol. The number of fused-ring (bicyclic) bond motifs is 1. The predicted octanol–water partition coefficient (Wildman–Crippen LogP) is 2.20. The Hall–Kier alpha value is -0.350. The summed E-state index contributed by atoms with van der Waals surface area (Å²) >= 11 is 0. The van der Waals surface area contributed by atoms with Crippen molar-refractivity contribution in [3.63, 3.8) is 0 Å². The maximum absolute atomic E-state index is 12.7. The van der Waals surface area contributed by atoms with Gasteiger partial charge in [0.1, 0.15) is 0 Å². The zero-order valence-electron chi connectivity index (χ0n) is 5.47. The third-order valence-electron chi connectivity index (χ3n) is 2.66. The Labute approximate surface area is 59.4 Å². The summed E-state index contributed by atoms with van der Waals surface area (Å²) in [7, 11) is 0. The van der Waals surface area contributed by atoms with Crippen molar-refractivity contribution in [1.82, 2.24) is 0 Å². The molecule has 2 aliphatic rings. The molecule has 0 aromatic rings.